The average Bonchev–Trinajstić information content (AvgIpc) is 2.28. The van der Waals surface area contributed by atoms with Crippen LogP contribution in [0.15, 0.2) is 12.4 Å². The van der Waals surface area contributed by atoms with Crippen LogP contribution in [0.4, 0.5) is 0 Å². The Morgan fingerprint density at radius 3 is 2.12 bits per heavy atom. The Morgan fingerprint density at radius 2 is 1.75 bits per heavy atom. The Balaban J connectivity index is 0.000000487. The first kappa shape index (κ1) is 14.6. The van der Waals surface area contributed by atoms with Gasteiger partial charge in [0.05, 0.1) is 5.69 Å². The molecule has 2 heteroatoms. The quantitative estimate of drug-likeness (QED) is 0.673. The minimum Gasteiger partial charge on any atom is -0.241 e. The van der Waals surface area contributed by atoms with Crippen molar-refractivity contribution in [3.05, 3.63) is 23.8 Å². The Kier molecular flexibility index (Phi) is 6.41. The van der Waals surface area contributed by atoms with E-state index in [1.165, 1.54) is 19.2 Å². The van der Waals surface area contributed by atoms with E-state index in [0.717, 1.165) is 5.69 Å². The number of nitrogens with zero attached hydrogens (tertiary/aromatic N) is 2. The van der Waals surface area contributed by atoms with E-state index in [-0.39, 0.29) is 5.41 Å². The summed E-state index contributed by atoms with van der Waals surface area (Å²) in [4.78, 5) is 8.08. The predicted molar refractivity (Wildman–Crippen MR) is 69.2 cm³/mol. The van der Waals surface area contributed by atoms with Gasteiger partial charge in [-0.2, -0.15) is 0 Å². The molecule has 0 atom stereocenters. The van der Waals surface area contributed by atoms with Crippen molar-refractivity contribution in [1.82, 2.24) is 9.97 Å². The molecule has 0 bridgehead atoms. The summed E-state index contributed by atoms with van der Waals surface area (Å²) in [7, 11) is 0. The molecular formula is C14H22N2. The van der Waals surface area contributed by atoms with Crippen molar-refractivity contribution in [3.8, 4) is 12.3 Å². The molecule has 0 saturated carbocycles. The van der Waals surface area contributed by atoms with E-state index in [2.05, 4.69) is 50.5 Å². The van der Waals surface area contributed by atoms with Crippen LogP contribution >= 0.6 is 0 Å². The second-order valence-corrected chi connectivity index (χ2v) is 4.68. The minimum atomic E-state index is 0.0362. The molecule has 0 N–H and O–H groups in total. The maximum Gasteiger partial charge on any atom is 0.117 e. The lowest BCUT2D eigenvalue weighted by atomic mass is 9.92. The van der Waals surface area contributed by atoms with Crippen molar-refractivity contribution in [1.29, 1.82) is 0 Å². The van der Waals surface area contributed by atoms with Crippen LogP contribution in [0.2, 0.25) is 0 Å². The zero-order chi connectivity index (χ0) is 12.6. The van der Waals surface area contributed by atoms with Crippen LogP contribution in [0.25, 0.3) is 0 Å². The number of hydrogen-bond donors (Lipinski definition) is 0. The van der Waals surface area contributed by atoms with Crippen LogP contribution in [0, 0.1) is 12.3 Å². The summed E-state index contributed by atoms with van der Waals surface area (Å²) in [6.07, 6.45) is 9.37. The van der Waals surface area contributed by atoms with Crippen molar-refractivity contribution >= 4 is 0 Å². The number of unbranched alkanes of at least 4 members (excludes halogenated alkanes) is 1. The minimum absolute atomic E-state index is 0.0362. The van der Waals surface area contributed by atoms with Gasteiger partial charge in [0, 0.05) is 5.41 Å². The zero-order valence-corrected chi connectivity index (χ0v) is 11.0. The molecule has 1 rings (SSSR count). The third-order valence-electron chi connectivity index (χ3n) is 2.08. The average molecular weight is 218 g/mol. The number of hydrogen-bond acceptors (Lipinski definition) is 2. The molecule has 0 aliphatic rings. The molecule has 0 aliphatic carbocycles. The monoisotopic (exact) mass is 218 g/mol. The molecule has 0 aromatic carbocycles. The zero-order valence-electron chi connectivity index (χ0n) is 11.0. The summed E-state index contributed by atoms with van der Waals surface area (Å²) in [6, 6.07) is 1.85. The largest absolute Gasteiger partial charge is 0.241 e. The normalized spacial score (nSPS) is 10.0. The SMILES string of the molecule is C#Cc1cc(C(C)(C)C)ncn1.CCCC. The molecule has 0 unspecified atom stereocenters. The van der Waals surface area contributed by atoms with Crippen molar-refractivity contribution in [2.24, 2.45) is 0 Å². The van der Waals surface area contributed by atoms with E-state index in [9.17, 15) is 0 Å². The van der Waals surface area contributed by atoms with Crippen LogP contribution in [0.5, 0.6) is 0 Å². The Labute approximate surface area is 99.5 Å². The van der Waals surface area contributed by atoms with Gasteiger partial charge in [-0.3, -0.25) is 0 Å². The topological polar surface area (TPSA) is 25.8 Å². The van der Waals surface area contributed by atoms with Gasteiger partial charge in [-0.25, -0.2) is 9.97 Å². The fraction of sp³-hybridized carbons (Fsp3) is 0.571. The molecule has 0 aliphatic heterocycles. The second-order valence-electron chi connectivity index (χ2n) is 4.68. The van der Waals surface area contributed by atoms with Crippen molar-refractivity contribution < 1.29 is 0 Å². The highest BCUT2D eigenvalue weighted by molar-refractivity contribution is 5.27. The van der Waals surface area contributed by atoms with E-state index >= 15 is 0 Å². The van der Waals surface area contributed by atoms with Crippen LogP contribution in [0.1, 0.15) is 58.8 Å². The fourth-order valence-electron chi connectivity index (χ4n) is 0.846. The first-order chi connectivity index (χ1) is 7.45. The van der Waals surface area contributed by atoms with E-state index in [1.807, 2.05) is 6.07 Å². The number of terminal acetylenes is 1. The molecule has 1 aromatic heterocycles. The van der Waals surface area contributed by atoms with Crippen LogP contribution in [-0.4, -0.2) is 9.97 Å². The fourth-order valence-corrected chi connectivity index (χ4v) is 0.846. The number of aromatic nitrogens is 2. The van der Waals surface area contributed by atoms with Crippen LogP contribution < -0.4 is 0 Å². The summed E-state index contributed by atoms with van der Waals surface area (Å²) in [5, 5.41) is 0. The van der Waals surface area contributed by atoms with E-state index in [1.54, 1.807) is 0 Å². The van der Waals surface area contributed by atoms with Gasteiger partial charge in [-0.05, 0) is 6.07 Å². The Morgan fingerprint density at radius 1 is 1.19 bits per heavy atom. The molecule has 1 heterocycles. The van der Waals surface area contributed by atoms with E-state index in [0.29, 0.717) is 5.69 Å². The molecule has 0 amide bonds. The molecule has 0 spiro atoms. The van der Waals surface area contributed by atoms with Gasteiger partial charge < -0.3 is 0 Å². The number of rotatable bonds is 1. The summed E-state index contributed by atoms with van der Waals surface area (Å²) < 4.78 is 0. The molecule has 88 valence electrons. The first-order valence-electron chi connectivity index (χ1n) is 5.74. The van der Waals surface area contributed by atoms with Gasteiger partial charge >= 0.3 is 0 Å². The van der Waals surface area contributed by atoms with Crippen molar-refractivity contribution in [3.63, 3.8) is 0 Å². The molecule has 0 saturated heterocycles. The molecule has 0 radical (unpaired) electrons. The van der Waals surface area contributed by atoms with E-state index in [4.69, 9.17) is 6.42 Å². The lowest BCUT2D eigenvalue weighted by Crippen LogP contribution is -2.13. The van der Waals surface area contributed by atoms with Gasteiger partial charge in [0.2, 0.25) is 0 Å². The van der Waals surface area contributed by atoms with Gasteiger partial charge in [-0.15, -0.1) is 6.42 Å². The van der Waals surface area contributed by atoms with Gasteiger partial charge in [0.15, 0.2) is 0 Å². The molecule has 16 heavy (non-hydrogen) atoms. The third-order valence-corrected chi connectivity index (χ3v) is 2.08. The standard InChI is InChI=1S/C10H12N2.C4H10/c1-5-8-6-9(10(2,3)4)12-7-11-8;1-3-4-2/h1,6-7H,2-4H3;3-4H2,1-2H3. The molecule has 1 aromatic rings. The van der Waals surface area contributed by atoms with Gasteiger partial charge in [0.25, 0.3) is 0 Å². The summed E-state index contributed by atoms with van der Waals surface area (Å²) >= 11 is 0. The van der Waals surface area contributed by atoms with Crippen molar-refractivity contribution in [2.75, 3.05) is 0 Å². The maximum absolute atomic E-state index is 5.22. The molecule has 2 nitrogen and oxygen atoms in total. The maximum atomic E-state index is 5.22. The highest BCUT2D eigenvalue weighted by Crippen LogP contribution is 2.19. The van der Waals surface area contributed by atoms with Crippen molar-refractivity contribution in [2.45, 2.75) is 52.9 Å². The summed E-state index contributed by atoms with van der Waals surface area (Å²) in [5.41, 5.74) is 1.66. The van der Waals surface area contributed by atoms with Gasteiger partial charge in [0.1, 0.15) is 12.0 Å². The molecule has 0 fully saturated rings. The lowest BCUT2D eigenvalue weighted by Gasteiger charge is -2.16. The predicted octanol–water partition coefficient (Wildman–Crippen LogP) is 3.56. The van der Waals surface area contributed by atoms with Gasteiger partial charge in [-0.1, -0.05) is 53.4 Å². The summed E-state index contributed by atoms with van der Waals surface area (Å²) in [6.45, 7) is 10.6. The van der Waals surface area contributed by atoms with E-state index < -0.39 is 0 Å². The smallest absolute Gasteiger partial charge is 0.117 e. The Hall–Kier alpha value is -1.36. The first-order valence-corrected chi connectivity index (χ1v) is 5.74. The van der Waals surface area contributed by atoms with Crippen LogP contribution in [-0.2, 0) is 5.41 Å². The molecular weight excluding hydrogens is 196 g/mol. The second kappa shape index (κ2) is 7.00. The third kappa shape index (κ3) is 5.50. The highest BCUT2D eigenvalue weighted by Gasteiger charge is 2.15. The van der Waals surface area contributed by atoms with Crippen LogP contribution in [0.3, 0.4) is 0 Å². The summed E-state index contributed by atoms with van der Waals surface area (Å²) in [5.74, 6) is 2.49. The lowest BCUT2D eigenvalue weighted by molar-refractivity contribution is 0.566. The Bertz CT molecular complexity index is 340. The highest BCUT2D eigenvalue weighted by atomic mass is 14.8.